The summed E-state index contributed by atoms with van der Waals surface area (Å²) in [5.41, 5.74) is -2.53. The number of nitrogens with zero attached hydrogens (tertiary/aromatic N) is 5. The molecule has 2 unspecified atom stereocenters. The first-order valence-corrected chi connectivity index (χ1v) is 7.38. The van der Waals surface area contributed by atoms with Crippen LogP contribution in [0.5, 0.6) is 0 Å². The molecule has 1 aliphatic carbocycles. The quantitative estimate of drug-likeness (QED) is 0.682. The highest BCUT2D eigenvalue weighted by Crippen LogP contribution is 2.55. The lowest BCUT2D eigenvalue weighted by molar-refractivity contribution is -0.204. The molecule has 0 fully saturated rings. The lowest BCUT2D eigenvalue weighted by Crippen LogP contribution is -2.57. The molecule has 6 nitrogen and oxygen atoms in total. The van der Waals surface area contributed by atoms with Gasteiger partial charge in [-0.3, -0.25) is 0 Å². The van der Waals surface area contributed by atoms with E-state index in [1.807, 2.05) is 18.7 Å². The Morgan fingerprint density at radius 2 is 2.04 bits per heavy atom. The molecular weight excluding hydrogens is 311 g/mol. The second-order valence-corrected chi connectivity index (χ2v) is 6.65. The van der Waals surface area contributed by atoms with Gasteiger partial charge in [0.05, 0.1) is 18.3 Å². The standard InChI is InChI=1S/C14H16F3N5O/c1-8-7-23-11-10-13(3,5-4-12(11,2)14(15,16)17)22-9(6-21(8)10)18-19-20-22/h4-5,8H,6-7H2,1-3H3/t8-,12?,13?/m0/s1. The summed E-state index contributed by atoms with van der Waals surface area (Å²) in [6.07, 6.45) is -1.75. The first-order valence-electron chi connectivity index (χ1n) is 7.38. The van der Waals surface area contributed by atoms with Gasteiger partial charge in [0.1, 0.15) is 23.3 Å². The van der Waals surface area contributed by atoms with Crippen LogP contribution in [-0.2, 0) is 16.8 Å². The topological polar surface area (TPSA) is 56.1 Å². The summed E-state index contributed by atoms with van der Waals surface area (Å²) in [6.45, 7) is 5.45. The minimum atomic E-state index is -4.44. The number of hydrogen-bond donors (Lipinski definition) is 0. The molecule has 1 aromatic heterocycles. The van der Waals surface area contributed by atoms with Crippen LogP contribution < -0.4 is 0 Å². The molecule has 0 spiro atoms. The van der Waals surface area contributed by atoms with Gasteiger partial charge in [-0.1, -0.05) is 12.2 Å². The van der Waals surface area contributed by atoms with Crippen LogP contribution in [0.4, 0.5) is 13.2 Å². The molecule has 3 heterocycles. The number of ether oxygens (including phenoxy) is 1. The molecule has 4 rings (SSSR count). The Bertz CT molecular complexity index is 739. The van der Waals surface area contributed by atoms with Gasteiger partial charge in [-0.25, -0.2) is 4.68 Å². The zero-order chi connectivity index (χ0) is 16.6. The fourth-order valence-electron chi connectivity index (χ4n) is 3.56. The zero-order valence-corrected chi connectivity index (χ0v) is 12.9. The third-order valence-electron chi connectivity index (χ3n) is 5.07. The maximum absolute atomic E-state index is 13.7. The summed E-state index contributed by atoms with van der Waals surface area (Å²) in [5.74, 6) is 0.582. The van der Waals surface area contributed by atoms with E-state index in [-0.39, 0.29) is 18.4 Å². The van der Waals surface area contributed by atoms with Gasteiger partial charge in [-0.05, 0) is 31.2 Å². The molecule has 0 aromatic carbocycles. The largest absolute Gasteiger partial charge is 0.493 e. The van der Waals surface area contributed by atoms with Gasteiger partial charge in [0.25, 0.3) is 0 Å². The van der Waals surface area contributed by atoms with E-state index < -0.39 is 17.1 Å². The predicted molar refractivity (Wildman–Crippen MR) is 72.8 cm³/mol. The van der Waals surface area contributed by atoms with Crippen molar-refractivity contribution in [3.63, 3.8) is 0 Å². The van der Waals surface area contributed by atoms with Gasteiger partial charge >= 0.3 is 6.18 Å². The first-order chi connectivity index (χ1) is 10.7. The van der Waals surface area contributed by atoms with E-state index in [0.29, 0.717) is 18.1 Å². The van der Waals surface area contributed by atoms with Gasteiger partial charge < -0.3 is 9.64 Å². The molecule has 0 saturated carbocycles. The summed E-state index contributed by atoms with van der Waals surface area (Å²) in [5, 5.41) is 11.7. The highest BCUT2D eigenvalue weighted by atomic mass is 19.4. The fourth-order valence-corrected chi connectivity index (χ4v) is 3.56. The monoisotopic (exact) mass is 327 g/mol. The molecule has 0 radical (unpaired) electrons. The molecule has 9 heteroatoms. The molecule has 2 aliphatic heterocycles. The van der Waals surface area contributed by atoms with Crippen LogP contribution in [0, 0.1) is 5.41 Å². The van der Waals surface area contributed by atoms with Crippen LogP contribution in [0.2, 0.25) is 0 Å². The first kappa shape index (κ1) is 14.5. The van der Waals surface area contributed by atoms with Crippen LogP contribution in [0.15, 0.2) is 23.6 Å². The fraction of sp³-hybridized carbons (Fsp3) is 0.643. The number of allylic oxidation sites excluding steroid dienone is 2. The van der Waals surface area contributed by atoms with Gasteiger partial charge in [0.15, 0.2) is 5.82 Å². The van der Waals surface area contributed by atoms with Crippen molar-refractivity contribution in [2.45, 2.75) is 45.1 Å². The Hall–Kier alpha value is -2.06. The van der Waals surface area contributed by atoms with Crippen LogP contribution >= 0.6 is 0 Å². The lowest BCUT2D eigenvalue weighted by Gasteiger charge is -2.52. The molecule has 23 heavy (non-hydrogen) atoms. The summed E-state index contributed by atoms with van der Waals surface area (Å²) in [4.78, 5) is 1.93. The van der Waals surface area contributed by atoms with Crippen LogP contribution in [-0.4, -0.2) is 43.9 Å². The van der Waals surface area contributed by atoms with Crippen LogP contribution in [0.1, 0.15) is 26.6 Å². The minimum absolute atomic E-state index is 0.0470. The summed E-state index contributed by atoms with van der Waals surface area (Å²) >= 11 is 0. The summed E-state index contributed by atoms with van der Waals surface area (Å²) in [6, 6.07) is -0.0532. The Balaban J connectivity index is 2.00. The van der Waals surface area contributed by atoms with Crippen molar-refractivity contribution >= 4 is 0 Å². The van der Waals surface area contributed by atoms with E-state index in [2.05, 4.69) is 15.5 Å². The Morgan fingerprint density at radius 1 is 1.30 bits per heavy atom. The van der Waals surface area contributed by atoms with E-state index >= 15 is 0 Å². The minimum Gasteiger partial charge on any atom is -0.493 e. The lowest BCUT2D eigenvalue weighted by atomic mass is 9.74. The number of fused-ring (bicyclic) bond motifs is 2. The molecule has 0 amide bonds. The number of alkyl halides is 3. The van der Waals surface area contributed by atoms with E-state index in [9.17, 15) is 13.2 Å². The average Bonchev–Trinajstić information content (AvgIpc) is 2.94. The third kappa shape index (κ3) is 1.62. The van der Waals surface area contributed by atoms with Gasteiger partial charge in [0.2, 0.25) is 0 Å². The smallest absolute Gasteiger partial charge is 0.404 e. The highest BCUT2D eigenvalue weighted by molar-refractivity contribution is 5.41. The zero-order valence-electron chi connectivity index (χ0n) is 12.9. The third-order valence-corrected chi connectivity index (χ3v) is 5.07. The van der Waals surface area contributed by atoms with E-state index in [1.165, 1.54) is 6.08 Å². The van der Waals surface area contributed by atoms with Gasteiger partial charge in [0, 0.05) is 0 Å². The van der Waals surface area contributed by atoms with Gasteiger partial charge in [-0.15, -0.1) is 5.10 Å². The molecule has 3 atom stereocenters. The Morgan fingerprint density at radius 3 is 2.74 bits per heavy atom. The van der Waals surface area contributed by atoms with Crippen molar-refractivity contribution < 1.29 is 17.9 Å². The molecular formula is C14H16F3N5O. The number of aromatic nitrogens is 4. The van der Waals surface area contributed by atoms with Crippen LogP contribution in [0.3, 0.4) is 0 Å². The number of rotatable bonds is 0. The van der Waals surface area contributed by atoms with Crippen molar-refractivity contribution in [3.8, 4) is 0 Å². The maximum Gasteiger partial charge on any atom is 0.404 e. The highest BCUT2D eigenvalue weighted by Gasteiger charge is 2.61. The number of halogens is 3. The van der Waals surface area contributed by atoms with Crippen molar-refractivity contribution in [2.24, 2.45) is 5.41 Å². The molecule has 124 valence electrons. The van der Waals surface area contributed by atoms with Gasteiger partial charge in [-0.2, -0.15) is 13.2 Å². The van der Waals surface area contributed by atoms with E-state index in [1.54, 1.807) is 4.68 Å². The van der Waals surface area contributed by atoms with E-state index in [0.717, 1.165) is 13.0 Å². The predicted octanol–water partition coefficient (Wildman–Crippen LogP) is 1.97. The summed E-state index contributed by atoms with van der Waals surface area (Å²) in [7, 11) is 0. The van der Waals surface area contributed by atoms with E-state index in [4.69, 9.17) is 4.74 Å². The number of tetrazole rings is 1. The van der Waals surface area contributed by atoms with Crippen molar-refractivity contribution in [3.05, 3.63) is 29.4 Å². The second kappa shape index (κ2) is 4.07. The summed E-state index contributed by atoms with van der Waals surface area (Å²) < 4.78 is 48.3. The van der Waals surface area contributed by atoms with Crippen molar-refractivity contribution in [1.82, 2.24) is 25.1 Å². The maximum atomic E-state index is 13.7. The molecule has 3 aliphatic rings. The SMILES string of the molecule is C[C@H]1COC2=C3N1Cc1nnnn1C3(C)C=CC2(C)C(F)(F)F. The van der Waals surface area contributed by atoms with Crippen molar-refractivity contribution in [1.29, 1.82) is 0 Å². The second-order valence-electron chi connectivity index (χ2n) is 6.65. The molecule has 0 N–H and O–H groups in total. The average molecular weight is 327 g/mol. The number of hydrogen-bond acceptors (Lipinski definition) is 5. The van der Waals surface area contributed by atoms with Crippen LogP contribution in [0.25, 0.3) is 0 Å². The molecule has 1 aromatic rings. The molecule has 0 saturated heterocycles. The van der Waals surface area contributed by atoms with Crippen molar-refractivity contribution in [2.75, 3.05) is 6.61 Å². The molecule has 0 bridgehead atoms. The Labute approximate surface area is 130 Å². The Kier molecular flexibility index (Phi) is 2.57. The normalized spacial score (nSPS) is 35.7.